The van der Waals surface area contributed by atoms with Gasteiger partial charge in [-0.1, -0.05) is 6.92 Å². The van der Waals surface area contributed by atoms with Crippen molar-refractivity contribution in [2.75, 3.05) is 31.6 Å². The lowest BCUT2D eigenvalue weighted by Gasteiger charge is -2.21. The molecule has 0 saturated heterocycles. The Morgan fingerprint density at radius 3 is 2.45 bits per heavy atom. The van der Waals surface area contributed by atoms with E-state index in [2.05, 4.69) is 23.7 Å². The van der Waals surface area contributed by atoms with Crippen LogP contribution in [0.3, 0.4) is 0 Å². The highest BCUT2D eigenvalue weighted by atomic mass is 16.4. The summed E-state index contributed by atoms with van der Waals surface area (Å²) in [7, 11) is 1.46. The second-order valence-corrected chi connectivity index (χ2v) is 4.54. The number of hydrogen-bond donors (Lipinski definition) is 1. The molecule has 0 unspecified atom stereocenters. The van der Waals surface area contributed by atoms with Crippen LogP contribution in [-0.4, -0.2) is 53.5 Å². The highest BCUT2D eigenvalue weighted by molar-refractivity contribution is 5.95. The molecule has 6 nitrogen and oxygen atoms in total. The lowest BCUT2D eigenvalue weighted by atomic mass is 10.2. The lowest BCUT2D eigenvalue weighted by Crippen LogP contribution is -2.32. The summed E-state index contributed by atoms with van der Waals surface area (Å²) in [6.45, 7) is 5.60. The number of carboxylic acids is 1. The largest absolute Gasteiger partial charge is 0.480 e. The smallest absolute Gasteiger partial charge is 0.323 e. The van der Waals surface area contributed by atoms with Gasteiger partial charge < -0.3 is 14.9 Å². The first-order valence-corrected chi connectivity index (χ1v) is 6.67. The molecule has 0 bridgehead atoms. The lowest BCUT2D eigenvalue weighted by molar-refractivity contribution is -0.137. The number of amides is 1. The third kappa shape index (κ3) is 4.22. The van der Waals surface area contributed by atoms with Gasteiger partial charge in [-0.25, -0.2) is 4.98 Å². The number of nitrogens with zero attached hydrogens (tertiary/aromatic N) is 3. The summed E-state index contributed by atoms with van der Waals surface area (Å²) < 4.78 is 0. The van der Waals surface area contributed by atoms with Gasteiger partial charge in [-0.05, 0) is 25.5 Å². The van der Waals surface area contributed by atoms with Crippen molar-refractivity contribution in [2.45, 2.75) is 20.3 Å². The summed E-state index contributed by atoms with van der Waals surface area (Å²) in [6, 6.07) is 3.47. The molecule has 1 N–H and O–H groups in total. The Morgan fingerprint density at radius 2 is 2.00 bits per heavy atom. The zero-order valence-corrected chi connectivity index (χ0v) is 12.2. The van der Waals surface area contributed by atoms with Crippen molar-refractivity contribution in [1.82, 2.24) is 9.88 Å². The Bertz CT molecular complexity index is 459. The van der Waals surface area contributed by atoms with Gasteiger partial charge >= 0.3 is 5.97 Å². The van der Waals surface area contributed by atoms with Gasteiger partial charge in [0.2, 0.25) is 0 Å². The third-order valence-electron chi connectivity index (χ3n) is 2.91. The average molecular weight is 279 g/mol. The molecule has 0 aliphatic carbocycles. The van der Waals surface area contributed by atoms with Gasteiger partial charge in [0.05, 0.1) is 5.56 Å². The van der Waals surface area contributed by atoms with Gasteiger partial charge in [-0.2, -0.15) is 0 Å². The third-order valence-corrected chi connectivity index (χ3v) is 2.91. The fourth-order valence-corrected chi connectivity index (χ4v) is 1.90. The SMILES string of the molecule is CCCN(CC)c1ccc(C(=O)N(C)CC(=O)O)cn1. The Labute approximate surface area is 119 Å². The van der Waals surface area contributed by atoms with Gasteiger partial charge in [0, 0.05) is 26.3 Å². The quantitative estimate of drug-likeness (QED) is 0.818. The van der Waals surface area contributed by atoms with E-state index in [1.807, 2.05) is 0 Å². The van der Waals surface area contributed by atoms with Crippen LogP contribution in [-0.2, 0) is 4.79 Å². The summed E-state index contributed by atoms with van der Waals surface area (Å²) in [6.07, 6.45) is 2.52. The van der Waals surface area contributed by atoms with Crippen LogP contribution in [0.25, 0.3) is 0 Å². The number of carbonyl (C=O) groups is 2. The molecule has 0 aliphatic heterocycles. The summed E-state index contributed by atoms with van der Waals surface area (Å²) in [5.41, 5.74) is 0.394. The van der Waals surface area contributed by atoms with Gasteiger partial charge in [-0.15, -0.1) is 0 Å². The van der Waals surface area contributed by atoms with Crippen molar-refractivity contribution in [3.05, 3.63) is 23.9 Å². The number of pyridine rings is 1. The standard InChI is InChI=1S/C14H21N3O3/c1-4-8-17(5-2)12-7-6-11(9-15-12)14(20)16(3)10-13(18)19/h6-7,9H,4-5,8,10H2,1-3H3,(H,18,19). The maximum atomic E-state index is 12.0. The zero-order valence-electron chi connectivity index (χ0n) is 12.2. The van der Waals surface area contributed by atoms with Gasteiger partial charge in [0.15, 0.2) is 0 Å². The first kappa shape index (κ1) is 15.9. The second-order valence-electron chi connectivity index (χ2n) is 4.54. The first-order chi connectivity index (χ1) is 9.49. The molecule has 6 heteroatoms. The van der Waals surface area contributed by atoms with Crippen LogP contribution in [0.2, 0.25) is 0 Å². The number of hydrogen-bond acceptors (Lipinski definition) is 4. The van der Waals surface area contributed by atoms with Gasteiger partial charge in [0.1, 0.15) is 12.4 Å². The van der Waals surface area contributed by atoms with Crippen molar-refractivity contribution in [2.24, 2.45) is 0 Å². The fraction of sp³-hybridized carbons (Fsp3) is 0.500. The zero-order chi connectivity index (χ0) is 15.1. The molecule has 1 rings (SSSR count). The van der Waals surface area contributed by atoms with Gasteiger partial charge in [-0.3, -0.25) is 9.59 Å². The van der Waals surface area contributed by atoms with Crippen molar-refractivity contribution in [1.29, 1.82) is 0 Å². The molecular formula is C14H21N3O3. The normalized spacial score (nSPS) is 10.2. The summed E-state index contributed by atoms with van der Waals surface area (Å²) in [5.74, 6) is -0.553. The Balaban J connectivity index is 2.80. The second kappa shape index (κ2) is 7.47. The van der Waals surface area contributed by atoms with Crippen molar-refractivity contribution in [3.8, 4) is 0 Å². The summed E-state index contributed by atoms with van der Waals surface area (Å²) in [4.78, 5) is 30.1. The number of likely N-dealkylation sites (N-methyl/N-ethyl adjacent to an activating group) is 1. The highest BCUT2D eigenvalue weighted by Gasteiger charge is 2.15. The van der Waals surface area contributed by atoms with E-state index < -0.39 is 5.97 Å². The molecule has 0 aliphatic rings. The number of rotatable bonds is 7. The molecule has 0 atom stereocenters. The minimum atomic E-state index is -1.04. The minimum Gasteiger partial charge on any atom is -0.480 e. The van der Waals surface area contributed by atoms with E-state index in [0.717, 1.165) is 30.2 Å². The number of anilines is 1. The molecule has 0 spiro atoms. The first-order valence-electron chi connectivity index (χ1n) is 6.67. The van der Waals surface area contributed by atoms with Gasteiger partial charge in [0.25, 0.3) is 5.91 Å². The topological polar surface area (TPSA) is 73.7 Å². The molecule has 20 heavy (non-hydrogen) atoms. The average Bonchev–Trinajstić information content (AvgIpc) is 2.43. The van der Waals surface area contributed by atoms with Crippen molar-refractivity contribution in [3.63, 3.8) is 0 Å². The van der Waals surface area contributed by atoms with Crippen molar-refractivity contribution < 1.29 is 14.7 Å². The predicted molar refractivity (Wildman–Crippen MR) is 77.0 cm³/mol. The molecule has 0 radical (unpaired) electrons. The molecule has 1 amide bonds. The maximum Gasteiger partial charge on any atom is 0.323 e. The van der Waals surface area contributed by atoms with Crippen LogP contribution in [0, 0.1) is 0 Å². The molecule has 1 aromatic heterocycles. The molecule has 1 heterocycles. The van der Waals surface area contributed by atoms with E-state index >= 15 is 0 Å². The number of aliphatic carboxylic acids is 1. The number of carbonyl (C=O) groups excluding carboxylic acids is 1. The molecule has 0 fully saturated rings. The van der Waals surface area contributed by atoms with Crippen LogP contribution in [0.4, 0.5) is 5.82 Å². The van der Waals surface area contributed by atoms with Crippen LogP contribution in [0.5, 0.6) is 0 Å². The predicted octanol–water partition coefficient (Wildman–Crippen LogP) is 1.47. The van der Waals surface area contributed by atoms with E-state index in [0.29, 0.717) is 5.56 Å². The van der Waals surface area contributed by atoms with Crippen LogP contribution in [0.1, 0.15) is 30.6 Å². The fourth-order valence-electron chi connectivity index (χ4n) is 1.90. The van der Waals surface area contributed by atoms with E-state index in [9.17, 15) is 9.59 Å². The molecule has 110 valence electrons. The minimum absolute atomic E-state index is 0.322. The number of aromatic nitrogens is 1. The number of carboxylic acid groups (broad SMARTS) is 1. The Morgan fingerprint density at radius 1 is 1.30 bits per heavy atom. The molecule has 0 saturated carbocycles. The van der Waals surface area contributed by atoms with Crippen molar-refractivity contribution >= 4 is 17.7 Å². The van der Waals surface area contributed by atoms with Crippen LogP contribution in [0.15, 0.2) is 18.3 Å². The van der Waals surface area contributed by atoms with E-state index in [1.54, 1.807) is 12.1 Å². The highest BCUT2D eigenvalue weighted by Crippen LogP contribution is 2.12. The molecule has 1 aromatic rings. The summed E-state index contributed by atoms with van der Waals surface area (Å²) >= 11 is 0. The maximum absolute atomic E-state index is 12.0. The molecule has 0 aromatic carbocycles. The van der Waals surface area contributed by atoms with Crippen LogP contribution >= 0.6 is 0 Å². The summed E-state index contributed by atoms with van der Waals surface area (Å²) in [5, 5.41) is 8.67. The van der Waals surface area contributed by atoms with E-state index in [1.165, 1.54) is 13.2 Å². The van der Waals surface area contributed by atoms with E-state index in [4.69, 9.17) is 5.11 Å². The molecular weight excluding hydrogens is 258 g/mol. The Hall–Kier alpha value is -2.11. The van der Waals surface area contributed by atoms with Crippen LogP contribution < -0.4 is 4.90 Å². The van der Waals surface area contributed by atoms with E-state index in [-0.39, 0.29) is 12.5 Å². The monoisotopic (exact) mass is 279 g/mol. The Kier molecular flexibility index (Phi) is 5.96.